The molecule has 0 amide bonds. The number of hydrogen-bond donors (Lipinski definition) is 0. The monoisotopic (exact) mass is 156 g/mol. The summed E-state index contributed by atoms with van der Waals surface area (Å²) >= 11 is 0. The number of hydrogen-bond acceptors (Lipinski definition) is 2. The van der Waals surface area contributed by atoms with E-state index in [0.29, 0.717) is 12.2 Å². The van der Waals surface area contributed by atoms with Gasteiger partial charge < -0.3 is 9.47 Å². The lowest BCUT2D eigenvalue weighted by Crippen LogP contribution is -2.30. The van der Waals surface area contributed by atoms with Crippen LogP contribution in [0.15, 0.2) is 0 Å². The lowest BCUT2D eigenvalue weighted by atomic mass is 10.0. The maximum Gasteiger partial charge on any atom is 0.166 e. The molecule has 2 aliphatic heterocycles. The zero-order chi connectivity index (χ0) is 7.90. The van der Waals surface area contributed by atoms with Gasteiger partial charge in [-0.05, 0) is 26.2 Å². The standard InChI is InChI=1S/C9H16O2/c1-3-7-8-5-4-6-9(2,10-7)11-8/h7-8H,3-6H2,1-2H3/t7?,8-,9?/m0/s1. The van der Waals surface area contributed by atoms with Gasteiger partial charge in [-0.2, -0.15) is 0 Å². The second kappa shape index (κ2) is 2.46. The van der Waals surface area contributed by atoms with Gasteiger partial charge in [-0.3, -0.25) is 0 Å². The Bertz CT molecular complexity index is 158. The van der Waals surface area contributed by atoms with Gasteiger partial charge in [0.1, 0.15) is 0 Å². The Kier molecular flexibility index (Phi) is 1.69. The fourth-order valence-corrected chi connectivity index (χ4v) is 2.15. The first-order valence-electron chi connectivity index (χ1n) is 4.59. The van der Waals surface area contributed by atoms with Crippen molar-refractivity contribution >= 4 is 0 Å². The van der Waals surface area contributed by atoms with E-state index in [1.165, 1.54) is 12.8 Å². The molecule has 2 nitrogen and oxygen atoms in total. The molecule has 0 aromatic carbocycles. The maximum absolute atomic E-state index is 5.80. The van der Waals surface area contributed by atoms with Crippen molar-refractivity contribution in [1.82, 2.24) is 0 Å². The molecule has 2 bridgehead atoms. The third-order valence-corrected chi connectivity index (χ3v) is 2.74. The maximum atomic E-state index is 5.80. The highest BCUT2D eigenvalue weighted by Gasteiger charge is 2.45. The highest BCUT2D eigenvalue weighted by molar-refractivity contribution is 4.87. The van der Waals surface area contributed by atoms with Crippen molar-refractivity contribution in [1.29, 1.82) is 0 Å². The molecule has 0 N–H and O–H groups in total. The lowest BCUT2D eigenvalue weighted by molar-refractivity contribution is -0.179. The highest BCUT2D eigenvalue weighted by atomic mass is 16.8. The van der Waals surface area contributed by atoms with E-state index < -0.39 is 0 Å². The summed E-state index contributed by atoms with van der Waals surface area (Å²) in [6.45, 7) is 4.23. The van der Waals surface area contributed by atoms with Crippen molar-refractivity contribution in [2.75, 3.05) is 0 Å². The summed E-state index contributed by atoms with van der Waals surface area (Å²) in [4.78, 5) is 0. The Balaban J connectivity index is 2.10. The topological polar surface area (TPSA) is 18.5 Å². The molecular weight excluding hydrogens is 140 g/mol. The molecule has 3 atom stereocenters. The quantitative estimate of drug-likeness (QED) is 0.578. The Labute approximate surface area is 67.9 Å². The van der Waals surface area contributed by atoms with Gasteiger partial charge >= 0.3 is 0 Å². The largest absolute Gasteiger partial charge is 0.344 e. The van der Waals surface area contributed by atoms with Crippen molar-refractivity contribution in [3.63, 3.8) is 0 Å². The van der Waals surface area contributed by atoms with E-state index in [-0.39, 0.29) is 5.79 Å². The molecule has 0 aromatic rings. The van der Waals surface area contributed by atoms with E-state index in [1.807, 2.05) is 0 Å². The van der Waals surface area contributed by atoms with Crippen LogP contribution in [0.3, 0.4) is 0 Å². The summed E-state index contributed by atoms with van der Waals surface area (Å²) in [5.74, 6) is -0.233. The van der Waals surface area contributed by atoms with Crippen LogP contribution < -0.4 is 0 Å². The van der Waals surface area contributed by atoms with Gasteiger partial charge in [0.05, 0.1) is 12.2 Å². The molecule has 2 fully saturated rings. The number of ether oxygens (including phenoxy) is 2. The van der Waals surface area contributed by atoms with E-state index in [2.05, 4.69) is 13.8 Å². The summed E-state index contributed by atoms with van der Waals surface area (Å²) in [5.41, 5.74) is 0. The van der Waals surface area contributed by atoms with Gasteiger partial charge in [0.2, 0.25) is 0 Å². The van der Waals surface area contributed by atoms with Crippen LogP contribution in [0.5, 0.6) is 0 Å². The zero-order valence-electron chi connectivity index (χ0n) is 7.30. The van der Waals surface area contributed by atoms with E-state index in [9.17, 15) is 0 Å². The van der Waals surface area contributed by atoms with E-state index in [1.54, 1.807) is 0 Å². The molecule has 0 aromatic heterocycles. The third-order valence-electron chi connectivity index (χ3n) is 2.74. The van der Waals surface area contributed by atoms with Crippen LogP contribution in [0.4, 0.5) is 0 Å². The van der Waals surface area contributed by atoms with E-state index in [0.717, 1.165) is 12.8 Å². The Hall–Kier alpha value is -0.0800. The average molecular weight is 156 g/mol. The Morgan fingerprint density at radius 3 is 2.91 bits per heavy atom. The van der Waals surface area contributed by atoms with Crippen LogP contribution in [0.25, 0.3) is 0 Å². The van der Waals surface area contributed by atoms with Gasteiger partial charge in [0.25, 0.3) is 0 Å². The lowest BCUT2D eigenvalue weighted by Gasteiger charge is -2.26. The summed E-state index contributed by atoms with van der Waals surface area (Å²) in [6, 6.07) is 0. The summed E-state index contributed by atoms with van der Waals surface area (Å²) < 4.78 is 11.6. The molecule has 0 aliphatic carbocycles. The Morgan fingerprint density at radius 2 is 2.27 bits per heavy atom. The zero-order valence-corrected chi connectivity index (χ0v) is 7.30. The van der Waals surface area contributed by atoms with Crippen LogP contribution in [0, 0.1) is 0 Å². The number of fused-ring (bicyclic) bond motifs is 2. The molecule has 0 spiro atoms. The van der Waals surface area contributed by atoms with Crippen LogP contribution in [-0.2, 0) is 9.47 Å². The molecule has 11 heavy (non-hydrogen) atoms. The molecule has 2 saturated heterocycles. The molecule has 2 heteroatoms. The van der Waals surface area contributed by atoms with Gasteiger partial charge in [-0.1, -0.05) is 6.92 Å². The number of rotatable bonds is 1. The first kappa shape index (κ1) is 7.56. The summed E-state index contributed by atoms with van der Waals surface area (Å²) in [6.07, 6.45) is 5.35. The van der Waals surface area contributed by atoms with Crippen LogP contribution >= 0.6 is 0 Å². The first-order chi connectivity index (χ1) is 5.23. The average Bonchev–Trinajstić information content (AvgIpc) is 2.21. The van der Waals surface area contributed by atoms with Crippen LogP contribution in [0.1, 0.15) is 39.5 Å². The minimum absolute atomic E-state index is 0.233. The van der Waals surface area contributed by atoms with Crippen molar-refractivity contribution in [3.05, 3.63) is 0 Å². The van der Waals surface area contributed by atoms with E-state index in [4.69, 9.17) is 9.47 Å². The smallest absolute Gasteiger partial charge is 0.166 e. The molecule has 2 unspecified atom stereocenters. The Morgan fingerprint density at radius 1 is 1.45 bits per heavy atom. The fraction of sp³-hybridized carbons (Fsp3) is 1.00. The van der Waals surface area contributed by atoms with Crippen molar-refractivity contribution < 1.29 is 9.47 Å². The minimum atomic E-state index is -0.233. The first-order valence-corrected chi connectivity index (χ1v) is 4.59. The second-order valence-corrected chi connectivity index (χ2v) is 3.75. The minimum Gasteiger partial charge on any atom is -0.344 e. The second-order valence-electron chi connectivity index (χ2n) is 3.75. The highest BCUT2D eigenvalue weighted by Crippen LogP contribution is 2.40. The molecule has 2 rings (SSSR count). The molecule has 64 valence electrons. The summed E-state index contributed by atoms with van der Waals surface area (Å²) in [7, 11) is 0. The normalized spacial score (nSPS) is 49.6. The van der Waals surface area contributed by atoms with Crippen LogP contribution in [0.2, 0.25) is 0 Å². The van der Waals surface area contributed by atoms with Gasteiger partial charge in [0.15, 0.2) is 5.79 Å². The predicted octanol–water partition coefficient (Wildman–Crippen LogP) is 2.08. The molecule has 2 aliphatic rings. The summed E-state index contributed by atoms with van der Waals surface area (Å²) in [5, 5.41) is 0. The molecule has 0 radical (unpaired) electrons. The SMILES string of the molecule is CCC1OC2(C)CCC[C@@H]1O2. The van der Waals surface area contributed by atoms with Crippen molar-refractivity contribution in [3.8, 4) is 0 Å². The van der Waals surface area contributed by atoms with Crippen LogP contribution in [-0.4, -0.2) is 18.0 Å². The van der Waals surface area contributed by atoms with Crippen molar-refractivity contribution in [2.45, 2.75) is 57.5 Å². The molecule has 2 heterocycles. The third kappa shape index (κ3) is 1.18. The van der Waals surface area contributed by atoms with Gasteiger partial charge in [-0.15, -0.1) is 0 Å². The van der Waals surface area contributed by atoms with Crippen molar-refractivity contribution in [2.24, 2.45) is 0 Å². The molecule has 0 saturated carbocycles. The van der Waals surface area contributed by atoms with E-state index >= 15 is 0 Å². The van der Waals surface area contributed by atoms with Gasteiger partial charge in [-0.25, -0.2) is 0 Å². The predicted molar refractivity (Wildman–Crippen MR) is 42.3 cm³/mol. The fourth-order valence-electron chi connectivity index (χ4n) is 2.15. The van der Waals surface area contributed by atoms with Gasteiger partial charge in [0, 0.05) is 6.42 Å². The molecular formula is C9H16O2.